The van der Waals surface area contributed by atoms with Crippen LogP contribution in [0, 0.1) is 0 Å². The van der Waals surface area contributed by atoms with Crippen LogP contribution >= 0.6 is 15.9 Å². The molecule has 0 saturated heterocycles. The largest absolute Gasteiger partial charge is 0.508 e. The van der Waals surface area contributed by atoms with Crippen molar-refractivity contribution in [3.05, 3.63) is 23.8 Å². The minimum absolute atomic E-state index is 0.00799. The number of carbonyl (C=O) groups is 1. The van der Waals surface area contributed by atoms with Crippen LogP contribution in [0.2, 0.25) is 0 Å². The number of phenols is 2. The predicted octanol–water partition coefficient (Wildman–Crippen LogP) is 2.00. The molecule has 1 aromatic carbocycles. The van der Waals surface area contributed by atoms with Crippen LogP contribution in [0.1, 0.15) is 23.7 Å². The Balaban J connectivity index is 2.76. The molecule has 3 N–H and O–H groups in total. The third-order valence-corrected chi connectivity index (χ3v) is 2.60. The average molecular weight is 288 g/mol. The fourth-order valence-electron chi connectivity index (χ4n) is 1.24. The van der Waals surface area contributed by atoms with E-state index in [9.17, 15) is 15.0 Å². The van der Waals surface area contributed by atoms with Gasteiger partial charge in [-0.05, 0) is 31.5 Å². The number of hydrogen-bond acceptors (Lipinski definition) is 3. The van der Waals surface area contributed by atoms with Crippen LogP contribution in [-0.4, -0.2) is 27.5 Å². The highest BCUT2D eigenvalue weighted by molar-refractivity contribution is 9.09. The van der Waals surface area contributed by atoms with Gasteiger partial charge in [-0.2, -0.15) is 0 Å². The highest BCUT2D eigenvalue weighted by Gasteiger charge is 2.13. The first kappa shape index (κ1) is 12.8. The maximum Gasteiger partial charge on any atom is 0.255 e. The van der Waals surface area contributed by atoms with Gasteiger partial charge in [0.1, 0.15) is 11.5 Å². The Hall–Kier alpha value is -1.23. The molecule has 1 unspecified atom stereocenters. The maximum absolute atomic E-state index is 11.7. The molecule has 0 heterocycles. The fraction of sp³-hybridized carbons (Fsp3) is 0.364. The smallest absolute Gasteiger partial charge is 0.255 e. The number of hydrogen-bond donors (Lipinski definition) is 3. The Morgan fingerprint density at radius 3 is 2.81 bits per heavy atom. The molecule has 0 bridgehead atoms. The summed E-state index contributed by atoms with van der Waals surface area (Å²) in [5, 5.41) is 22.2. The van der Waals surface area contributed by atoms with E-state index < -0.39 is 0 Å². The van der Waals surface area contributed by atoms with E-state index in [0.717, 1.165) is 11.8 Å². The molecule has 1 rings (SSSR count). The van der Waals surface area contributed by atoms with Crippen LogP contribution in [0.5, 0.6) is 11.5 Å². The lowest BCUT2D eigenvalue weighted by atomic mass is 10.1. The van der Waals surface area contributed by atoms with Crippen LogP contribution in [0.15, 0.2) is 18.2 Å². The second-order valence-electron chi connectivity index (χ2n) is 3.55. The van der Waals surface area contributed by atoms with Gasteiger partial charge in [-0.1, -0.05) is 15.9 Å². The molecule has 1 aromatic rings. The molecule has 0 aliphatic carbocycles. The summed E-state index contributed by atoms with van der Waals surface area (Å²) in [4.78, 5) is 11.7. The molecule has 0 aromatic heterocycles. The first-order valence-corrected chi connectivity index (χ1v) is 6.05. The molecule has 5 heteroatoms. The van der Waals surface area contributed by atoms with Gasteiger partial charge in [-0.3, -0.25) is 4.79 Å². The van der Waals surface area contributed by atoms with Crippen molar-refractivity contribution in [2.24, 2.45) is 0 Å². The Labute approximate surface area is 102 Å². The van der Waals surface area contributed by atoms with Crippen molar-refractivity contribution in [1.82, 2.24) is 5.32 Å². The lowest BCUT2D eigenvalue weighted by Crippen LogP contribution is -2.32. The third-order valence-electron chi connectivity index (χ3n) is 2.14. The van der Waals surface area contributed by atoms with E-state index in [-0.39, 0.29) is 29.0 Å². The predicted molar refractivity (Wildman–Crippen MR) is 65.1 cm³/mol. The first-order valence-electron chi connectivity index (χ1n) is 4.93. The van der Waals surface area contributed by atoms with Gasteiger partial charge >= 0.3 is 0 Å². The number of alkyl halides is 1. The van der Waals surface area contributed by atoms with Gasteiger partial charge < -0.3 is 15.5 Å². The summed E-state index contributed by atoms with van der Waals surface area (Å²) in [6.07, 6.45) is 0.797. The van der Waals surface area contributed by atoms with Crippen LogP contribution in [0.25, 0.3) is 0 Å². The SMILES string of the molecule is CC(CCBr)NC(=O)c1cc(O)ccc1O. The van der Waals surface area contributed by atoms with E-state index in [1.54, 1.807) is 0 Å². The molecule has 0 aliphatic heterocycles. The summed E-state index contributed by atoms with van der Waals surface area (Å²) >= 11 is 3.28. The van der Waals surface area contributed by atoms with Gasteiger partial charge in [-0.25, -0.2) is 0 Å². The standard InChI is InChI=1S/C11H14BrNO3/c1-7(4-5-12)13-11(16)9-6-8(14)2-3-10(9)15/h2-3,6-7,14-15H,4-5H2,1H3,(H,13,16). The van der Waals surface area contributed by atoms with E-state index in [1.807, 2.05) is 6.92 Å². The van der Waals surface area contributed by atoms with Crippen molar-refractivity contribution in [3.8, 4) is 11.5 Å². The number of phenolic OH excluding ortho intramolecular Hbond substituents is 2. The molecule has 1 amide bonds. The molecule has 4 nitrogen and oxygen atoms in total. The third kappa shape index (κ3) is 3.41. The Morgan fingerprint density at radius 1 is 1.50 bits per heavy atom. The second kappa shape index (κ2) is 5.75. The van der Waals surface area contributed by atoms with E-state index in [0.29, 0.717) is 0 Å². The highest BCUT2D eigenvalue weighted by Crippen LogP contribution is 2.21. The number of halogens is 1. The minimum Gasteiger partial charge on any atom is -0.508 e. The monoisotopic (exact) mass is 287 g/mol. The zero-order chi connectivity index (χ0) is 12.1. The molecule has 88 valence electrons. The van der Waals surface area contributed by atoms with Gasteiger partial charge in [0.2, 0.25) is 0 Å². The van der Waals surface area contributed by atoms with Crippen molar-refractivity contribution in [3.63, 3.8) is 0 Å². The maximum atomic E-state index is 11.7. The summed E-state index contributed by atoms with van der Waals surface area (Å²) in [6.45, 7) is 1.87. The minimum atomic E-state index is -0.387. The normalized spacial score (nSPS) is 12.1. The molecule has 0 saturated carbocycles. The molecule has 0 radical (unpaired) electrons. The number of aromatic hydroxyl groups is 2. The highest BCUT2D eigenvalue weighted by atomic mass is 79.9. The van der Waals surface area contributed by atoms with Crippen molar-refractivity contribution in [1.29, 1.82) is 0 Å². The van der Waals surface area contributed by atoms with Gasteiger partial charge in [-0.15, -0.1) is 0 Å². The van der Waals surface area contributed by atoms with Crippen molar-refractivity contribution >= 4 is 21.8 Å². The van der Waals surface area contributed by atoms with Crippen LogP contribution in [-0.2, 0) is 0 Å². The van der Waals surface area contributed by atoms with Gasteiger partial charge in [0, 0.05) is 11.4 Å². The lowest BCUT2D eigenvalue weighted by Gasteiger charge is -2.13. The van der Waals surface area contributed by atoms with E-state index in [4.69, 9.17) is 0 Å². The molecular weight excluding hydrogens is 274 g/mol. The zero-order valence-corrected chi connectivity index (χ0v) is 10.5. The number of carbonyl (C=O) groups excluding carboxylic acids is 1. The Bertz CT molecular complexity index is 381. The van der Waals surface area contributed by atoms with Gasteiger partial charge in [0.15, 0.2) is 0 Å². The van der Waals surface area contributed by atoms with E-state index in [1.165, 1.54) is 18.2 Å². The number of benzene rings is 1. The molecule has 16 heavy (non-hydrogen) atoms. The summed E-state index contributed by atoms with van der Waals surface area (Å²) in [6, 6.07) is 3.87. The van der Waals surface area contributed by atoms with Crippen LogP contribution in [0.3, 0.4) is 0 Å². The molecule has 0 aliphatic rings. The lowest BCUT2D eigenvalue weighted by molar-refractivity contribution is 0.0936. The molecule has 0 fully saturated rings. The van der Waals surface area contributed by atoms with Gasteiger partial charge in [0.05, 0.1) is 5.56 Å². The van der Waals surface area contributed by atoms with Crippen LogP contribution in [0.4, 0.5) is 0 Å². The summed E-state index contributed by atoms with van der Waals surface area (Å²) in [5.74, 6) is -0.570. The molecule has 0 spiro atoms. The first-order chi connectivity index (χ1) is 7.54. The topological polar surface area (TPSA) is 69.6 Å². The summed E-state index contributed by atoms with van der Waals surface area (Å²) in [7, 11) is 0. The Kier molecular flexibility index (Phi) is 4.61. The van der Waals surface area contributed by atoms with E-state index in [2.05, 4.69) is 21.2 Å². The molecular formula is C11H14BrNO3. The Morgan fingerprint density at radius 2 is 2.19 bits per heavy atom. The fourth-order valence-corrected chi connectivity index (χ4v) is 1.93. The summed E-state index contributed by atoms with van der Waals surface area (Å²) in [5.41, 5.74) is 0.0847. The molecule has 1 atom stereocenters. The van der Waals surface area contributed by atoms with E-state index >= 15 is 0 Å². The number of nitrogens with one attached hydrogen (secondary N) is 1. The van der Waals surface area contributed by atoms with Crippen molar-refractivity contribution in [2.45, 2.75) is 19.4 Å². The second-order valence-corrected chi connectivity index (χ2v) is 4.35. The van der Waals surface area contributed by atoms with Gasteiger partial charge in [0.25, 0.3) is 5.91 Å². The summed E-state index contributed by atoms with van der Waals surface area (Å²) < 4.78 is 0. The zero-order valence-electron chi connectivity index (χ0n) is 8.90. The number of rotatable bonds is 4. The van der Waals surface area contributed by atoms with Crippen molar-refractivity contribution < 1.29 is 15.0 Å². The van der Waals surface area contributed by atoms with Crippen LogP contribution < -0.4 is 5.32 Å². The average Bonchev–Trinajstić information content (AvgIpc) is 2.21. The number of amides is 1. The van der Waals surface area contributed by atoms with Crippen molar-refractivity contribution in [2.75, 3.05) is 5.33 Å². The quantitative estimate of drug-likeness (QED) is 0.586.